The molecule has 4 rings (SSSR count). The van der Waals surface area contributed by atoms with E-state index in [0.29, 0.717) is 17.9 Å². The highest BCUT2D eigenvalue weighted by atomic mass is 16.3. The van der Waals surface area contributed by atoms with Crippen LogP contribution in [0.1, 0.15) is 59.8 Å². The molecule has 25 heavy (non-hydrogen) atoms. The number of rotatable bonds is 4. The quantitative estimate of drug-likeness (QED) is 0.929. The first kappa shape index (κ1) is 15.9. The fourth-order valence-corrected chi connectivity index (χ4v) is 3.91. The van der Waals surface area contributed by atoms with E-state index in [9.17, 15) is 9.59 Å². The Hall–Kier alpha value is -2.56. The smallest absolute Gasteiger partial charge is 0.255 e. The summed E-state index contributed by atoms with van der Waals surface area (Å²) in [5.41, 5.74) is 1.39. The zero-order valence-corrected chi connectivity index (χ0v) is 14.1. The molecule has 2 amide bonds. The molecule has 2 aromatic rings. The van der Waals surface area contributed by atoms with E-state index < -0.39 is 6.04 Å². The van der Waals surface area contributed by atoms with Crippen molar-refractivity contribution in [3.63, 3.8) is 0 Å². The number of carbonyl (C=O) groups excluding carboxylic acids is 2. The molecule has 130 valence electrons. The Morgan fingerprint density at radius 3 is 2.68 bits per heavy atom. The first-order valence-corrected chi connectivity index (χ1v) is 8.96. The summed E-state index contributed by atoms with van der Waals surface area (Å²) in [6.45, 7) is 0.295. The van der Waals surface area contributed by atoms with Gasteiger partial charge in [-0.1, -0.05) is 37.5 Å². The Labute approximate surface area is 147 Å². The number of hydrogen-bond donors (Lipinski definition) is 1. The predicted molar refractivity (Wildman–Crippen MR) is 92.8 cm³/mol. The largest absolute Gasteiger partial charge is 0.467 e. The maximum atomic E-state index is 13.0. The number of nitrogens with zero attached hydrogens (tertiary/aromatic N) is 1. The van der Waals surface area contributed by atoms with E-state index in [2.05, 4.69) is 5.32 Å². The maximum Gasteiger partial charge on any atom is 0.255 e. The molecule has 0 bridgehead atoms. The molecule has 0 radical (unpaired) electrons. The number of hydrogen-bond acceptors (Lipinski definition) is 3. The normalized spacial score (nSPS) is 20.6. The van der Waals surface area contributed by atoms with Gasteiger partial charge < -0.3 is 14.6 Å². The maximum absolute atomic E-state index is 13.0. The summed E-state index contributed by atoms with van der Waals surface area (Å²) in [4.78, 5) is 27.5. The molecule has 0 unspecified atom stereocenters. The summed E-state index contributed by atoms with van der Waals surface area (Å²) in [7, 11) is 0. The lowest BCUT2D eigenvalue weighted by atomic mass is 9.95. The molecule has 1 aliphatic heterocycles. The van der Waals surface area contributed by atoms with E-state index in [0.717, 1.165) is 31.2 Å². The van der Waals surface area contributed by atoms with Crippen LogP contribution in [0.4, 0.5) is 0 Å². The van der Waals surface area contributed by atoms with Crippen LogP contribution in [0.2, 0.25) is 0 Å². The van der Waals surface area contributed by atoms with Gasteiger partial charge in [0.2, 0.25) is 5.91 Å². The highest BCUT2D eigenvalue weighted by molar-refractivity contribution is 6.04. The Balaban J connectivity index is 1.60. The fourth-order valence-electron chi connectivity index (χ4n) is 3.91. The van der Waals surface area contributed by atoms with Crippen LogP contribution in [-0.4, -0.2) is 22.8 Å². The van der Waals surface area contributed by atoms with Gasteiger partial charge in [-0.2, -0.15) is 0 Å². The molecule has 1 atom stereocenters. The topological polar surface area (TPSA) is 62.6 Å². The van der Waals surface area contributed by atoms with Crippen molar-refractivity contribution in [3.8, 4) is 0 Å². The van der Waals surface area contributed by atoms with Crippen molar-refractivity contribution in [1.29, 1.82) is 0 Å². The molecule has 1 N–H and O–H groups in total. The SMILES string of the molecule is O=C(NC1CCCCC1)[C@H]1c2ccccc2C(=O)N1Cc1ccco1. The van der Waals surface area contributed by atoms with Crippen molar-refractivity contribution < 1.29 is 14.0 Å². The van der Waals surface area contributed by atoms with Crippen LogP contribution in [0.5, 0.6) is 0 Å². The van der Waals surface area contributed by atoms with Crippen LogP contribution >= 0.6 is 0 Å². The molecule has 1 saturated carbocycles. The second kappa shape index (κ2) is 6.75. The van der Waals surface area contributed by atoms with Crippen molar-refractivity contribution >= 4 is 11.8 Å². The minimum absolute atomic E-state index is 0.0863. The van der Waals surface area contributed by atoms with Crippen molar-refractivity contribution in [3.05, 3.63) is 59.5 Å². The van der Waals surface area contributed by atoms with Crippen LogP contribution in [0.3, 0.4) is 0 Å². The summed E-state index contributed by atoms with van der Waals surface area (Å²) in [6, 6.07) is 10.6. The highest BCUT2D eigenvalue weighted by Crippen LogP contribution is 2.35. The minimum Gasteiger partial charge on any atom is -0.467 e. The minimum atomic E-state index is -0.587. The molecule has 1 aliphatic carbocycles. The van der Waals surface area contributed by atoms with Crippen LogP contribution in [0, 0.1) is 0 Å². The van der Waals surface area contributed by atoms with Gasteiger partial charge in [-0.15, -0.1) is 0 Å². The van der Waals surface area contributed by atoms with E-state index in [4.69, 9.17) is 4.42 Å². The average molecular weight is 338 g/mol. The van der Waals surface area contributed by atoms with Gasteiger partial charge in [0, 0.05) is 11.6 Å². The molecular formula is C20H22N2O3. The summed E-state index contributed by atoms with van der Waals surface area (Å²) in [5.74, 6) is 0.476. The monoisotopic (exact) mass is 338 g/mol. The molecule has 0 spiro atoms. The van der Waals surface area contributed by atoms with Gasteiger partial charge in [0.05, 0.1) is 12.8 Å². The molecule has 2 heterocycles. The van der Waals surface area contributed by atoms with E-state index in [1.54, 1.807) is 23.3 Å². The third-order valence-electron chi connectivity index (χ3n) is 5.16. The number of amides is 2. The molecule has 5 heteroatoms. The van der Waals surface area contributed by atoms with Gasteiger partial charge >= 0.3 is 0 Å². The van der Waals surface area contributed by atoms with Crippen LogP contribution < -0.4 is 5.32 Å². The number of fused-ring (bicyclic) bond motifs is 1. The van der Waals surface area contributed by atoms with Gasteiger partial charge in [-0.3, -0.25) is 9.59 Å². The number of benzene rings is 1. The number of furan rings is 1. The van der Waals surface area contributed by atoms with E-state index in [-0.39, 0.29) is 17.9 Å². The lowest BCUT2D eigenvalue weighted by Gasteiger charge is -2.28. The van der Waals surface area contributed by atoms with Crippen LogP contribution in [0.15, 0.2) is 47.1 Å². The van der Waals surface area contributed by atoms with Crippen molar-refractivity contribution in [2.24, 2.45) is 0 Å². The van der Waals surface area contributed by atoms with E-state index in [1.807, 2.05) is 24.3 Å². The number of nitrogens with one attached hydrogen (secondary N) is 1. The van der Waals surface area contributed by atoms with Gasteiger partial charge in [-0.05, 0) is 36.6 Å². The molecule has 1 aromatic carbocycles. The summed E-state index contributed by atoms with van der Waals surface area (Å²) in [5, 5.41) is 3.17. The summed E-state index contributed by atoms with van der Waals surface area (Å²) >= 11 is 0. The second-order valence-electron chi connectivity index (χ2n) is 6.85. The zero-order chi connectivity index (χ0) is 17.2. The number of carbonyl (C=O) groups is 2. The van der Waals surface area contributed by atoms with Gasteiger partial charge in [-0.25, -0.2) is 0 Å². The van der Waals surface area contributed by atoms with Gasteiger partial charge in [0.25, 0.3) is 5.91 Å². The molecule has 5 nitrogen and oxygen atoms in total. The second-order valence-corrected chi connectivity index (χ2v) is 6.85. The molecule has 1 fully saturated rings. The zero-order valence-electron chi connectivity index (χ0n) is 14.1. The third-order valence-corrected chi connectivity index (χ3v) is 5.16. The molecule has 2 aliphatic rings. The Morgan fingerprint density at radius 1 is 1.12 bits per heavy atom. The van der Waals surface area contributed by atoms with Crippen molar-refractivity contribution in [2.45, 2.75) is 50.7 Å². The summed E-state index contributed by atoms with van der Waals surface area (Å²) in [6.07, 6.45) is 7.17. The molecular weight excluding hydrogens is 316 g/mol. The Bertz CT molecular complexity index is 763. The first-order valence-electron chi connectivity index (χ1n) is 8.96. The van der Waals surface area contributed by atoms with Gasteiger partial charge in [0.1, 0.15) is 11.8 Å². The third kappa shape index (κ3) is 3.06. The van der Waals surface area contributed by atoms with Gasteiger partial charge in [0.15, 0.2) is 0 Å². The predicted octanol–water partition coefficient (Wildman–Crippen LogP) is 3.43. The Morgan fingerprint density at radius 2 is 1.92 bits per heavy atom. The first-order chi connectivity index (χ1) is 12.2. The fraction of sp³-hybridized carbons (Fsp3) is 0.400. The van der Waals surface area contributed by atoms with Crippen molar-refractivity contribution in [1.82, 2.24) is 10.2 Å². The van der Waals surface area contributed by atoms with E-state index in [1.165, 1.54) is 6.42 Å². The molecule has 1 aromatic heterocycles. The van der Waals surface area contributed by atoms with Crippen molar-refractivity contribution in [2.75, 3.05) is 0 Å². The Kier molecular flexibility index (Phi) is 4.30. The highest BCUT2D eigenvalue weighted by Gasteiger charge is 2.41. The summed E-state index contributed by atoms with van der Waals surface area (Å²) < 4.78 is 5.40. The lowest BCUT2D eigenvalue weighted by Crippen LogP contribution is -2.43. The van der Waals surface area contributed by atoms with Crippen LogP contribution in [-0.2, 0) is 11.3 Å². The lowest BCUT2D eigenvalue weighted by molar-refractivity contribution is -0.126. The average Bonchev–Trinajstić information content (AvgIpc) is 3.24. The van der Waals surface area contributed by atoms with Crippen LogP contribution in [0.25, 0.3) is 0 Å². The van der Waals surface area contributed by atoms with E-state index >= 15 is 0 Å². The molecule has 0 saturated heterocycles. The standard InChI is InChI=1S/C20H22N2O3/c23-19(21-14-7-2-1-3-8-14)18-16-10-4-5-11-17(16)20(24)22(18)13-15-9-6-12-25-15/h4-6,9-12,14,18H,1-3,7-8,13H2,(H,21,23)/t18-/m1/s1.